The van der Waals surface area contributed by atoms with Crippen LogP contribution in [-0.2, 0) is 55.0 Å². The van der Waals surface area contributed by atoms with Gasteiger partial charge in [-0.05, 0) is 51.6 Å². The molecule has 6 aromatic heterocycles. The number of ether oxygens (including phenoxy) is 3. The van der Waals surface area contributed by atoms with E-state index in [9.17, 15) is 14.4 Å². The largest absolute Gasteiger partial charge is 0.443 e. The molecule has 63 heavy (non-hydrogen) atoms. The summed E-state index contributed by atoms with van der Waals surface area (Å²) >= 11 is 0. The topological polar surface area (TPSA) is 138 Å². The summed E-state index contributed by atoms with van der Waals surface area (Å²) in [5.41, 5.74) is 7.27. The smallest absolute Gasteiger partial charge is 0.411 e. The van der Waals surface area contributed by atoms with Crippen molar-refractivity contribution in [1.29, 1.82) is 0 Å². The molecule has 318 valence electrons. The third-order valence-electron chi connectivity index (χ3n) is 10.0. The van der Waals surface area contributed by atoms with Crippen LogP contribution in [-0.4, -0.2) is 38.1 Å². The summed E-state index contributed by atoms with van der Waals surface area (Å²) in [6.45, 7) is 1.55. The number of benzene rings is 1. The second kappa shape index (κ2) is 20.9. The van der Waals surface area contributed by atoms with Crippen molar-refractivity contribution < 1.29 is 56.0 Å². The molecule has 15 heteroatoms. The number of aryl methyl sites for hydroxylation is 3. The van der Waals surface area contributed by atoms with Crippen LogP contribution in [0.1, 0.15) is 0 Å². The van der Waals surface area contributed by atoms with Crippen LogP contribution < -0.4 is 43.4 Å². The molecule has 3 N–H and O–H groups in total. The van der Waals surface area contributed by atoms with E-state index >= 15 is 0 Å². The van der Waals surface area contributed by atoms with Gasteiger partial charge in [0.1, 0.15) is 21.1 Å². The molecule has 0 radical (unpaired) electrons. The molecule has 0 aliphatic heterocycles. The van der Waals surface area contributed by atoms with E-state index < -0.39 is 18.3 Å². The predicted molar refractivity (Wildman–Crippen MR) is 231 cm³/mol. The fraction of sp³-hybridized carbons (Fsp3) is 0.188. The van der Waals surface area contributed by atoms with Gasteiger partial charge in [-0.2, -0.15) is 0 Å². The molecular formula is C48H51N9O6+6. The molecule has 0 spiro atoms. The fourth-order valence-corrected chi connectivity index (χ4v) is 6.51. The summed E-state index contributed by atoms with van der Waals surface area (Å²) in [6.07, 6.45) is 21.4. The van der Waals surface area contributed by atoms with Crippen molar-refractivity contribution in [1.82, 2.24) is 0 Å². The maximum absolute atomic E-state index is 12.9. The highest BCUT2D eigenvalue weighted by molar-refractivity contribution is 5.93. The Morgan fingerprint density at radius 2 is 0.571 bits per heavy atom. The average molecular weight is 850 g/mol. The number of anilines is 3. The first-order chi connectivity index (χ1) is 30.6. The van der Waals surface area contributed by atoms with Crippen LogP contribution in [0.4, 0.5) is 31.4 Å². The van der Waals surface area contributed by atoms with Crippen molar-refractivity contribution in [3.8, 4) is 33.4 Å². The summed E-state index contributed by atoms with van der Waals surface area (Å²) < 4.78 is 28.1. The highest BCUT2D eigenvalue weighted by atomic mass is 16.6. The molecule has 0 bridgehead atoms. The second-order valence-corrected chi connectivity index (χ2v) is 14.8. The van der Waals surface area contributed by atoms with Crippen LogP contribution in [0.2, 0.25) is 0 Å². The Kier molecular flexibility index (Phi) is 14.3. The Morgan fingerprint density at radius 3 is 0.794 bits per heavy atom. The molecule has 7 aromatic rings. The van der Waals surface area contributed by atoms with Crippen LogP contribution in [0, 0.1) is 0 Å². The van der Waals surface area contributed by atoms with Crippen LogP contribution in [0.5, 0.6) is 0 Å². The molecule has 0 atom stereocenters. The van der Waals surface area contributed by atoms with E-state index in [1.807, 2.05) is 196 Å². The zero-order valence-corrected chi connectivity index (χ0v) is 35.5. The van der Waals surface area contributed by atoms with Gasteiger partial charge in [0.25, 0.3) is 0 Å². The van der Waals surface area contributed by atoms with Gasteiger partial charge in [-0.1, -0.05) is 0 Å². The van der Waals surface area contributed by atoms with Gasteiger partial charge in [-0.3, -0.25) is 16.0 Å². The van der Waals surface area contributed by atoms with E-state index in [2.05, 4.69) is 16.0 Å². The minimum absolute atomic E-state index is 0.0937. The first-order valence-electron chi connectivity index (χ1n) is 20.4. The Hall–Kier alpha value is -8.07. The molecule has 15 nitrogen and oxygen atoms in total. The Morgan fingerprint density at radius 1 is 0.365 bits per heavy atom. The van der Waals surface area contributed by atoms with Crippen molar-refractivity contribution >= 4 is 35.3 Å². The highest BCUT2D eigenvalue weighted by Gasteiger charge is 2.15. The number of pyridine rings is 6. The lowest BCUT2D eigenvalue weighted by Gasteiger charge is -2.13. The Labute approximate surface area is 365 Å². The molecule has 7 rings (SSSR count). The van der Waals surface area contributed by atoms with E-state index in [-0.39, 0.29) is 36.9 Å². The van der Waals surface area contributed by atoms with Crippen LogP contribution in [0.15, 0.2) is 165 Å². The normalized spacial score (nSPS) is 10.7. The lowest BCUT2D eigenvalue weighted by molar-refractivity contribution is -0.697. The minimum Gasteiger partial charge on any atom is -0.443 e. The second-order valence-electron chi connectivity index (χ2n) is 14.8. The van der Waals surface area contributed by atoms with Crippen LogP contribution in [0.3, 0.4) is 0 Å². The number of aromatic nitrogens is 6. The minimum atomic E-state index is -0.716. The van der Waals surface area contributed by atoms with Crippen molar-refractivity contribution in [3.05, 3.63) is 165 Å². The quantitative estimate of drug-likeness (QED) is 0.101. The molecular weight excluding hydrogens is 799 g/mol. The van der Waals surface area contributed by atoms with Crippen LogP contribution in [0.25, 0.3) is 33.4 Å². The van der Waals surface area contributed by atoms with Crippen molar-refractivity contribution in [2.24, 2.45) is 21.1 Å². The fourth-order valence-electron chi connectivity index (χ4n) is 6.51. The SMILES string of the molecule is C[n+]1ccc(-c2cc[n+](CCOC(=O)Nc3cc(NC(=O)OCC[n+]4ccc(-c5cc[n+](C)cc5)cc4)cc(NC(=O)OCC[n+]4ccc(-c5cc[n+](C)cc5)cc4)c3)cc2)cc1. The number of nitrogens with zero attached hydrogens (tertiary/aromatic N) is 6. The zero-order chi connectivity index (χ0) is 44.0. The monoisotopic (exact) mass is 849 g/mol. The standard InChI is InChI=1S/C48H48N9O6/c1-52-16-4-37(5-17-52)40-10-22-55(23-11-40)28-31-61-46(58)49-43-34-44(50-47(59)62-32-29-56-24-12-41(13-25-56)38-6-18-53(2)19-7-38)36-45(35-43)51-48(60)63-33-30-57-26-14-42(15-27-57)39-8-20-54(3)21-9-39/h4-27,34-36H,28-33H2,1-3H3/q+3/p+3. The summed E-state index contributed by atoms with van der Waals surface area (Å²) in [5, 5.41) is 8.08. The van der Waals surface area contributed by atoms with E-state index in [1.165, 1.54) is 18.2 Å². The van der Waals surface area contributed by atoms with Crippen molar-refractivity contribution in [2.75, 3.05) is 35.8 Å². The molecule has 6 heterocycles. The molecule has 0 aliphatic carbocycles. The predicted octanol–water partition coefficient (Wildman–Crippen LogP) is 4.77. The number of amides is 3. The van der Waals surface area contributed by atoms with E-state index in [0.717, 1.165) is 33.4 Å². The third-order valence-corrected chi connectivity index (χ3v) is 10.0. The van der Waals surface area contributed by atoms with Crippen LogP contribution >= 0.6 is 0 Å². The molecule has 3 amide bonds. The number of hydrogen-bond acceptors (Lipinski definition) is 6. The molecule has 1 aromatic carbocycles. The lowest BCUT2D eigenvalue weighted by Crippen LogP contribution is -2.36. The molecule has 0 saturated carbocycles. The van der Waals surface area contributed by atoms with Gasteiger partial charge < -0.3 is 14.2 Å². The van der Waals surface area contributed by atoms with E-state index in [1.54, 1.807) is 0 Å². The zero-order valence-electron chi connectivity index (χ0n) is 35.5. The van der Waals surface area contributed by atoms with Gasteiger partial charge in [0.05, 0.1) is 0 Å². The first kappa shape index (κ1) is 43.0. The number of hydrogen-bond donors (Lipinski definition) is 3. The lowest BCUT2D eigenvalue weighted by atomic mass is 10.1. The number of carbonyl (C=O) groups excluding carboxylic acids is 3. The Balaban J connectivity index is 0.933. The number of rotatable bonds is 15. The summed E-state index contributed by atoms with van der Waals surface area (Å²) in [6, 6.07) is 28.9. The average Bonchev–Trinajstić information content (AvgIpc) is 3.28. The molecule has 0 unspecified atom stereocenters. The maximum atomic E-state index is 12.9. The first-order valence-corrected chi connectivity index (χ1v) is 20.4. The van der Waals surface area contributed by atoms with Gasteiger partial charge in [0.15, 0.2) is 114 Å². The van der Waals surface area contributed by atoms with Gasteiger partial charge >= 0.3 is 18.3 Å². The summed E-state index contributed by atoms with van der Waals surface area (Å²) in [7, 11) is 5.91. The van der Waals surface area contributed by atoms with Crippen molar-refractivity contribution in [2.45, 2.75) is 19.6 Å². The molecule has 0 aliphatic rings. The molecule has 0 fully saturated rings. The number of nitrogens with one attached hydrogen (secondary N) is 3. The summed E-state index contributed by atoms with van der Waals surface area (Å²) in [5.74, 6) is 0. The van der Waals surface area contributed by atoms with E-state index in [0.29, 0.717) is 19.6 Å². The van der Waals surface area contributed by atoms with E-state index in [4.69, 9.17) is 14.2 Å². The van der Waals surface area contributed by atoms with Gasteiger partial charge in [0.2, 0.25) is 0 Å². The van der Waals surface area contributed by atoms with Gasteiger partial charge in [-0.15, -0.1) is 0 Å². The van der Waals surface area contributed by atoms with Crippen molar-refractivity contribution in [3.63, 3.8) is 0 Å². The summed E-state index contributed by atoms with van der Waals surface area (Å²) in [4.78, 5) is 38.8. The molecule has 0 saturated heterocycles. The third kappa shape index (κ3) is 13.0. The maximum Gasteiger partial charge on any atom is 0.411 e. The number of carbonyl (C=O) groups is 3. The van der Waals surface area contributed by atoms with Gasteiger partial charge in [-0.25, -0.2) is 41.8 Å². The Bertz CT molecular complexity index is 2320. The van der Waals surface area contributed by atoms with Gasteiger partial charge in [0, 0.05) is 89.9 Å². The highest BCUT2D eigenvalue weighted by Crippen LogP contribution is 2.24.